The van der Waals surface area contributed by atoms with Crippen molar-refractivity contribution in [3.8, 4) is 11.3 Å². The van der Waals surface area contributed by atoms with Crippen molar-refractivity contribution in [3.05, 3.63) is 67.4 Å². The van der Waals surface area contributed by atoms with Crippen molar-refractivity contribution in [2.24, 2.45) is 4.99 Å². The number of aromatic amines is 1. The lowest BCUT2D eigenvalue weighted by atomic mass is 10.1. The van der Waals surface area contributed by atoms with E-state index in [2.05, 4.69) is 22.1 Å². The molecule has 0 radical (unpaired) electrons. The van der Waals surface area contributed by atoms with E-state index in [0.717, 1.165) is 36.2 Å². The van der Waals surface area contributed by atoms with E-state index in [0.29, 0.717) is 47.5 Å². The Morgan fingerprint density at radius 1 is 1.03 bits per heavy atom. The Kier molecular flexibility index (Phi) is 6.96. The minimum atomic E-state index is -0.313. The Morgan fingerprint density at radius 3 is 2.53 bits per heavy atom. The highest BCUT2D eigenvalue weighted by atomic mass is 35.5. The molecule has 32 heavy (non-hydrogen) atoms. The average Bonchev–Trinajstić information content (AvgIpc) is 3.40. The number of rotatable bonds is 9. The molecule has 9 heteroatoms. The Morgan fingerprint density at radius 2 is 1.78 bits per heavy atom. The Bertz CT molecular complexity index is 1250. The molecule has 0 atom stereocenters. The zero-order chi connectivity index (χ0) is 22.7. The predicted molar refractivity (Wildman–Crippen MR) is 128 cm³/mol. The first kappa shape index (κ1) is 22.6. The molecule has 3 aromatic rings. The summed E-state index contributed by atoms with van der Waals surface area (Å²) in [6, 6.07) is 9.46. The molecule has 4 rings (SSSR count). The summed E-state index contributed by atoms with van der Waals surface area (Å²) in [6.45, 7) is 2.97. The zero-order valence-corrected chi connectivity index (χ0v) is 19.4. The van der Waals surface area contributed by atoms with E-state index in [1.807, 2.05) is 30.3 Å². The number of aryl methyl sites for hydroxylation is 1. The van der Waals surface area contributed by atoms with Crippen LogP contribution in [0.5, 0.6) is 0 Å². The summed E-state index contributed by atoms with van der Waals surface area (Å²) < 4.78 is 2.93. The molecule has 1 aliphatic heterocycles. The molecule has 0 saturated carbocycles. The molecule has 0 bridgehead atoms. The van der Waals surface area contributed by atoms with Crippen molar-refractivity contribution in [2.75, 3.05) is 0 Å². The van der Waals surface area contributed by atoms with Gasteiger partial charge in [0.2, 0.25) is 0 Å². The lowest BCUT2D eigenvalue weighted by Crippen LogP contribution is -2.41. The predicted octanol–water partition coefficient (Wildman–Crippen LogP) is 4.70. The fourth-order valence-corrected chi connectivity index (χ4v) is 4.27. The molecule has 1 aliphatic rings. The number of aliphatic imine (C=N–C) groups is 1. The SMILES string of the molecule is CCCCCn1c2c(c(=O)n(CCCc3cc(-c4ccc(Cl)cc4)n[nH]3)c1=O)CC(Cl)=N2. The topological polar surface area (TPSA) is 85.0 Å². The number of fused-ring (bicyclic) bond motifs is 1. The van der Waals surface area contributed by atoms with Crippen LogP contribution in [0.2, 0.25) is 5.02 Å². The van der Waals surface area contributed by atoms with Gasteiger partial charge in [-0.15, -0.1) is 0 Å². The van der Waals surface area contributed by atoms with Crippen LogP contribution in [-0.2, 0) is 25.9 Å². The maximum absolute atomic E-state index is 13.1. The molecule has 0 saturated heterocycles. The number of aromatic nitrogens is 4. The Balaban J connectivity index is 1.50. The highest BCUT2D eigenvalue weighted by Crippen LogP contribution is 2.24. The largest absolute Gasteiger partial charge is 0.332 e. The fraction of sp³-hybridized carbons (Fsp3) is 0.391. The first-order valence-electron chi connectivity index (χ1n) is 10.9. The second kappa shape index (κ2) is 9.88. The van der Waals surface area contributed by atoms with Crippen molar-refractivity contribution < 1.29 is 0 Å². The molecule has 2 aromatic heterocycles. The molecule has 168 valence electrons. The van der Waals surface area contributed by atoms with E-state index < -0.39 is 0 Å². The van der Waals surface area contributed by atoms with Gasteiger partial charge in [-0.3, -0.25) is 19.0 Å². The van der Waals surface area contributed by atoms with Gasteiger partial charge in [-0.05, 0) is 37.5 Å². The minimum absolute atomic E-state index is 0.286. The number of benzene rings is 1. The van der Waals surface area contributed by atoms with Gasteiger partial charge in [0.25, 0.3) is 5.56 Å². The van der Waals surface area contributed by atoms with E-state index in [1.165, 1.54) is 4.57 Å². The number of nitrogens with one attached hydrogen (secondary N) is 1. The molecule has 0 amide bonds. The van der Waals surface area contributed by atoms with Crippen LogP contribution in [0.3, 0.4) is 0 Å². The smallest absolute Gasteiger partial charge is 0.282 e. The summed E-state index contributed by atoms with van der Waals surface area (Å²) in [5, 5.41) is 8.42. The van der Waals surface area contributed by atoms with E-state index in [-0.39, 0.29) is 17.7 Å². The van der Waals surface area contributed by atoms with Crippen molar-refractivity contribution in [1.82, 2.24) is 19.3 Å². The van der Waals surface area contributed by atoms with Gasteiger partial charge in [-0.2, -0.15) is 5.10 Å². The van der Waals surface area contributed by atoms with Gasteiger partial charge in [0, 0.05) is 35.8 Å². The van der Waals surface area contributed by atoms with Crippen molar-refractivity contribution in [3.63, 3.8) is 0 Å². The van der Waals surface area contributed by atoms with Gasteiger partial charge in [0.15, 0.2) is 0 Å². The van der Waals surface area contributed by atoms with Gasteiger partial charge < -0.3 is 0 Å². The average molecular weight is 474 g/mol. The first-order chi connectivity index (χ1) is 15.5. The van der Waals surface area contributed by atoms with E-state index in [4.69, 9.17) is 23.2 Å². The van der Waals surface area contributed by atoms with Crippen LogP contribution < -0.4 is 11.2 Å². The molecular formula is C23H25Cl2N5O2. The summed E-state index contributed by atoms with van der Waals surface area (Å²) in [7, 11) is 0. The monoisotopic (exact) mass is 473 g/mol. The molecule has 0 aliphatic carbocycles. The lowest BCUT2D eigenvalue weighted by Gasteiger charge is -2.14. The van der Waals surface area contributed by atoms with Crippen molar-refractivity contribution >= 4 is 34.2 Å². The molecule has 0 fully saturated rings. The van der Waals surface area contributed by atoms with Crippen LogP contribution in [0.1, 0.15) is 43.9 Å². The van der Waals surface area contributed by atoms with E-state index in [1.54, 1.807) is 4.57 Å². The molecule has 0 unspecified atom stereocenters. The summed E-state index contributed by atoms with van der Waals surface area (Å²) in [5.74, 6) is 0.429. The summed E-state index contributed by atoms with van der Waals surface area (Å²) in [5.41, 5.74) is 2.65. The van der Waals surface area contributed by atoms with Gasteiger partial charge in [0.05, 0.1) is 11.3 Å². The van der Waals surface area contributed by atoms with E-state index >= 15 is 0 Å². The molecule has 3 heterocycles. The second-order valence-corrected chi connectivity index (χ2v) is 8.83. The van der Waals surface area contributed by atoms with Gasteiger partial charge in [-0.1, -0.05) is 55.1 Å². The van der Waals surface area contributed by atoms with Crippen LogP contribution >= 0.6 is 23.2 Å². The molecular weight excluding hydrogens is 449 g/mol. The van der Waals surface area contributed by atoms with Crippen LogP contribution in [0.25, 0.3) is 11.3 Å². The number of hydrogen-bond acceptors (Lipinski definition) is 4. The third-order valence-corrected chi connectivity index (χ3v) is 6.09. The number of hydrogen-bond donors (Lipinski definition) is 1. The maximum atomic E-state index is 13.1. The van der Waals surface area contributed by atoms with Crippen molar-refractivity contribution in [2.45, 2.75) is 58.5 Å². The number of unbranched alkanes of at least 4 members (excludes halogenated alkanes) is 2. The van der Waals surface area contributed by atoms with E-state index in [9.17, 15) is 9.59 Å². The number of halogens is 2. The lowest BCUT2D eigenvalue weighted by molar-refractivity contribution is 0.512. The molecule has 7 nitrogen and oxygen atoms in total. The van der Waals surface area contributed by atoms with Crippen LogP contribution in [0, 0.1) is 0 Å². The fourth-order valence-electron chi connectivity index (χ4n) is 3.93. The number of H-pyrrole nitrogens is 1. The molecule has 0 spiro atoms. The summed E-state index contributed by atoms with van der Waals surface area (Å²) in [6.07, 6.45) is 4.48. The molecule has 1 aromatic carbocycles. The van der Waals surface area contributed by atoms with Crippen molar-refractivity contribution in [1.29, 1.82) is 0 Å². The second-order valence-electron chi connectivity index (χ2n) is 7.95. The Labute approximate surface area is 195 Å². The standard InChI is InChI=1S/C23H25Cl2N5O2/c1-2-3-4-11-29-21-18(14-20(25)26-21)22(31)30(23(29)32)12-5-6-17-13-19(28-27-17)15-7-9-16(24)10-8-15/h7-10,13H,2-6,11-12,14H2,1H3,(H,27,28). The summed E-state index contributed by atoms with van der Waals surface area (Å²) in [4.78, 5) is 30.3. The van der Waals surface area contributed by atoms with Crippen LogP contribution in [0.4, 0.5) is 5.82 Å². The summed E-state index contributed by atoms with van der Waals surface area (Å²) >= 11 is 12.0. The highest BCUT2D eigenvalue weighted by molar-refractivity contribution is 6.66. The quantitative estimate of drug-likeness (QED) is 0.456. The molecule has 1 N–H and O–H groups in total. The normalized spacial score (nSPS) is 12.8. The number of nitrogens with zero attached hydrogens (tertiary/aromatic N) is 4. The van der Waals surface area contributed by atoms with Gasteiger partial charge in [0.1, 0.15) is 11.0 Å². The Hall–Kier alpha value is -2.64. The van der Waals surface area contributed by atoms with Crippen LogP contribution in [0.15, 0.2) is 44.9 Å². The van der Waals surface area contributed by atoms with Gasteiger partial charge >= 0.3 is 5.69 Å². The third-order valence-electron chi connectivity index (χ3n) is 5.62. The van der Waals surface area contributed by atoms with Gasteiger partial charge in [-0.25, -0.2) is 9.79 Å². The third kappa shape index (κ3) is 4.74. The minimum Gasteiger partial charge on any atom is -0.282 e. The first-order valence-corrected chi connectivity index (χ1v) is 11.6. The van der Waals surface area contributed by atoms with Crippen LogP contribution in [-0.4, -0.2) is 24.5 Å². The zero-order valence-electron chi connectivity index (χ0n) is 17.9. The maximum Gasteiger partial charge on any atom is 0.332 e. The highest BCUT2D eigenvalue weighted by Gasteiger charge is 2.24.